The Morgan fingerprint density at radius 3 is 2.37 bits per heavy atom. The van der Waals surface area contributed by atoms with Crippen LogP contribution < -0.4 is 5.32 Å². The zero-order valence-corrected chi connectivity index (χ0v) is 18.4. The van der Waals surface area contributed by atoms with Crippen molar-refractivity contribution in [1.29, 1.82) is 0 Å². The normalized spacial score (nSPS) is 17.6. The molecular weight excluding hydrogens is 400 g/mol. The van der Waals surface area contributed by atoms with E-state index in [1.54, 1.807) is 0 Å². The van der Waals surface area contributed by atoms with E-state index in [1.165, 1.54) is 0 Å². The number of ether oxygens (including phenoxy) is 1. The highest BCUT2D eigenvalue weighted by atomic mass is 32.2. The van der Waals surface area contributed by atoms with Crippen LogP contribution in [0.4, 0.5) is 0 Å². The first-order chi connectivity index (χ1) is 14.3. The van der Waals surface area contributed by atoms with Crippen molar-refractivity contribution in [3.8, 4) is 0 Å². The van der Waals surface area contributed by atoms with Gasteiger partial charge < -0.3 is 10.1 Å². The molecule has 6 nitrogen and oxygen atoms in total. The van der Waals surface area contributed by atoms with Gasteiger partial charge in [-0.15, -0.1) is 0 Å². The molecule has 0 bridgehead atoms. The lowest BCUT2D eigenvalue weighted by Crippen LogP contribution is -2.47. The molecule has 2 aromatic carbocycles. The number of carbonyl (C=O) groups excluding carboxylic acids is 1. The summed E-state index contributed by atoms with van der Waals surface area (Å²) in [7, 11) is -3.01. The average molecular weight is 431 g/mol. The van der Waals surface area contributed by atoms with Gasteiger partial charge in [0, 0.05) is 19.6 Å². The molecule has 0 radical (unpaired) electrons. The van der Waals surface area contributed by atoms with Crippen molar-refractivity contribution < 1.29 is 17.9 Å². The lowest BCUT2D eigenvalue weighted by molar-refractivity contribution is -0.126. The third-order valence-corrected chi connectivity index (χ3v) is 6.76. The molecule has 7 heteroatoms. The summed E-state index contributed by atoms with van der Waals surface area (Å²) in [5, 5.41) is 3.04. The molecule has 1 atom stereocenters. The number of hydrogen-bond acceptors (Lipinski definition) is 5. The fourth-order valence-corrected chi connectivity index (χ4v) is 4.76. The van der Waals surface area contributed by atoms with Crippen LogP contribution in [0.3, 0.4) is 0 Å². The van der Waals surface area contributed by atoms with Crippen LogP contribution in [0.15, 0.2) is 54.6 Å². The summed E-state index contributed by atoms with van der Waals surface area (Å²) in [6.45, 7) is 5.66. The van der Waals surface area contributed by atoms with Gasteiger partial charge in [-0.25, -0.2) is 8.42 Å². The summed E-state index contributed by atoms with van der Waals surface area (Å²) in [5.74, 6) is 0.0487. The molecule has 1 N–H and O–H groups in total. The van der Waals surface area contributed by atoms with E-state index in [2.05, 4.69) is 5.32 Å². The lowest BCUT2D eigenvalue weighted by atomic mass is 10.0. The molecule has 2 aromatic rings. The predicted molar refractivity (Wildman–Crippen MR) is 118 cm³/mol. The van der Waals surface area contributed by atoms with Crippen molar-refractivity contribution in [3.63, 3.8) is 0 Å². The smallest absolute Gasteiger partial charge is 0.242 e. The molecule has 1 aliphatic rings. The number of amides is 1. The summed E-state index contributed by atoms with van der Waals surface area (Å²) < 4.78 is 29.3. The molecule has 1 amide bonds. The van der Waals surface area contributed by atoms with Gasteiger partial charge in [-0.2, -0.15) is 0 Å². The monoisotopic (exact) mass is 430 g/mol. The summed E-state index contributed by atoms with van der Waals surface area (Å²) in [6.07, 6.45) is 0.161. The van der Waals surface area contributed by atoms with E-state index in [9.17, 15) is 13.2 Å². The molecule has 1 fully saturated rings. The Hall–Kier alpha value is -2.22. The third-order valence-electron chi connectivity index (χ3n) is 5.15. The van der Waals surface area contributed by atoms with E-state index in [-0.39, 0.29) is 23.5 Å². The Kier molecular flexibility index (Phi) is 7.64. The number of nitrogens with zero attached hydrogens (tertiary/aromatic N) is 1. The molecule has 1 heterocycles. The van der Waals surface area contributed by atoms with Crippen LogP contribution in [0, 0.1) is 0 Å². The molecular formula is C23H30N2O4S. The maximum atomic E-state index is 13.2. The minimum absolute atomic E-state index is 0.0848. The zero-order chi connectivity index (χ0) is 21.6. The second-order valence-electron chi connectivity index (χ2n) is 7.90. The first kappa shape index (κ1) is 22.5. The molecule has 0 spiro atoms. The van der Waals surface area contributed by atoms with Gasteiger partial charge >= 0.3 is 0 Å². The molecule has 1 unspecified atom stereocenters. The van der Waals surface area contributed by atoms with Gasteiger partial charge in [0.1, 0.15) is 6.04 Å². The van der Waals surface area contributed by atoms with Gasteiger partial charge in [-0.1, -0.05) is 54.6 Å². The highest BCUT2D eigenvalue weighted by Crippen LogP contribution is 2.23. The van der Waals surface area contributed by atoms with Crippen molar-refractivity contribution in [1.82, 2.24) is 10.2 Å². The van der Waals surface area contributed by atoms with E-state index < -0.39 is 15.9 Å². The molecule has 3 rings (SSSR count). The van der Waals surface area contributed by atoms with Crippen LogP contribution in [0.2, 0.25) is 0 Å². The predicted octanol–water partition coefficient (Wildman–Crippen LogP) is 2.70. The van der Waals surface area contributed by atoms with Crippen molar-refractivity contribution in [2.75, 3.05) is 24.6 Å². The summed E-state index contributed by atoms with van der Waals surface area (Å²) in [6, 6.07) is 17.0. The Bertz CT molecular complexity index is 931. The number of hydrogen-bond donors (Lipinski definition) is 1. The van der Waals surface area contributed by atoms with E-state index in [0.717, 1.165) is 16.7 Å². The minimum Gasteiger partial charge on any atom is -0.374 e. The fraction of sp³-hybridized carbons (Fsp3) is 0.435. The molecule has 1 aliphatic heterocycles. The fourth-order valence-electron chi connectivity index (χ4n) is 3.53. The van der Waals surface area contributed by atoms with Crippen molar-refractivity contribution in [3.05, 3.63) is 71.3 Å². The van der Waals surface area contributed by atoms with Crippen LogP contribution in [-0.2, 0) is 32.5 Å². The number of sulfone groups is 1. The Morgan fingerprint density at radius 1 is 1.03 bits per heavy atom. The average Bonchev–Trinajstić information content (AvgIpc) is 2.73. The van der Waals surface area contributed by atoms with Gasteiger partial charge in [-0.3, -0.25) is 9.69 Å². The second kappa shape index (κ2) is 10.2. The molecule has 0 aliphatic carbocycles. The Morgan fingerprint density at radius 2 is 1.70 bits per heavy atom. The largest absolute Gasteiger partial charge is 0.374 e. The standard InChI is InChI=1S/C23H30N2O4S/c1-18(2)29-17-20-8-6-7-19(15-20)16-24-23(26)22(21-9-4-3-5-10-21)25-11-13-30(27,28)14-12-25/h3-10,15,18,22H,11-14,16-17H2,1-2H3,(H,24,26). The van der Waals surface area contributed by atoms with Gasteiger partial charge in [0.2, 0.25) is 5.91 Å². The second-order valence-corrected chi connectivity index (χ2v) is 10.2. The van der Waals surface area contributed by atoms with Gasteiger partial charge in [-0.05, 0) is 30.5 Å². The van der Waals surface area contributed by atoms with E-state index in [1.807, 2.05) is 73.3 Å². The van der Waals surface area contributed by atoms with Crippen molar-refractivity contribution >= 4 is 15.7 Å². The molecule has 162 valence electrons. The third kappa shape index (κ3) is 6.39. The summed E-state index contributed by atoms with van der Waals surface area (Å²) in [5.41, 5.74) is 2.94. The topological polar surface area (TPSA) is 75.7 Å². The Labute approximate surface area is 179 Å². The summed E-state index contributed by atoms with van der Waals surface area (Å²) in [4.78, 5) is 15.1. The van der Waals surface area contributed by atoms with Crippen molar-refractivity contribution in [2.24, 2.45) is 0 Å². The molecule has 1 saturated heterocycles. The highest BCUT2D eigenvalue weighted by molar-refractivity contribution is 7.91. The highest BCUT2D eigenvalue weighted by Gasteiger charge is 2.32. The number of rotatable bonds is 8. The number of benzene rings is 2. The minimum atomic E-state index is -3.01. The van der Waals surface area contributed by atoms with Gasteiger partial charge in [0.05, 0.1) is 24.2 Å². The van der Waals surface area contributed by atoms with Crippen LogP contribution in [0.25, 0.3) is 0 Å². The maximum Gasteiger partial charge on any atom is 0.242 e. The maximum absolute atomic E-state index is 13.2. The molecule has 0 saturated carbocycles. The van der Waals surface area contributed by atoms with Crippen LogP contribution >= 0.6 is 0 Å². The molecule has 30 heavy (non-hydrogen) atoms. The van der Waals surface area contributed by atoms with E-state index in [0.29, 0.717) is 26.2 Å². The quantitative estimate of drug-likeness (QED) is 0.697. The number of nitrogens with one attached hydrogen (secondary N) is 1. The van der Waals surface area contributed by atoms with Crippen LogP contribution in [0.5, 0.6) is 0 Å². The van der Waals surface area contributed by atoms with E-state index >= 15 is 0 Å². The first-order valence-electron chi connectivity index (χ1n) is 10.3. The van der Waals surface area contributed by atoms with Gasteiger partial charge in [0.15, 0.2) is 9.84 Å². The first-order valence-corrected chi connectivity index (χ1v) is 12.1. The summed E-state index contributed by atoms with van der Waals surface area (Å²) >= 11 is 0. The van der Waals surface area contributed by atoms with Crippen molar-refractivity contribution in [2.45, 2.75) is 39.1 Å². The number of carbonyl (C=O) groups is 1. The SMILES string of the molecule is CC(C)OCc1cccc(CNC(=O)C(c2ccccc2)N2CCS(=O)(=O)CC2)c1. The van der Waals surface area contributed by atoms with E-state index in [4.69, 9.17) is 4.74 Å². The Balaban J connectivity index is 1.69. The lowest BCUT2D eigenvalue weighted by Gasteiger charge is -2.33. The van der Waals surface area contributed by atoms with Crippen LogP contribution in [-0.4, -0.2) is 49.9 Å². The zero-order valence-electron chi connectivity index (χ0n) is 17.6. The van der Waals surface area contributed by atoms with Crippen LogP contribution in [0.1, 0.15) is 36.6 Å². The van der Waals surface area contributed by atoms with Gasteiger partial charge in [0.25, 0.3) is 0 Å². The molecule has 0 aromatic heterocycles.